The van der Waals surface area contributed by atoms with Crippen LogP contribution in [0.4, 0.5) is 13.2 Å². The first-order chi connectivity index (χ1) is 9.28. The Morgan fingerprint density at radius 3 is 2.35 bits per heavy atom. The third kappa shape index (κ3) is 3.96. The van der Waals surface area contributed by atoms with E-state index < -0.39 is 21.6 Å². The molecule has 0 atom stereocenters. The quantitative estimate of drug-likeness (QED) is 0.932. The molecule has 0 unspecified atom stereocenters. The van der Waals surface area contributed by atoms with Gasteiger partial charge in [-0.25, -0.2) is 8.42 Å². The SMILES string of the molecule is O=S1(=O)CCC(NCc2ccccc2C(F)(F)F)CC1. The minimum Gasteiger partial charge on any atom is -0.310 e. The second-order valence-electron chi connectivity index (χ2n) is 4.96. The molecule has 0 spiro atoms. The minimum absolute atomic E-state index is 0.0418. The number of sulfone groups is 1. The van der Waals surface area contributed by atoms with Crippen LogP contribution in [0.15, 0.2) is 24.3 Å². The van der Waals surface area contributed by atoms with E-state index in [-0.39, 0.29) is 29.7 Å². The summed E-state index contributed by atoms with van der Waals surface area (Å²) in [5.41, 5.74) is -0.454. The van der Waals surface area contributed by atoms with Crippen molar-refractivity contribution in [3.63, 3.8) is 0 Å². The average Bonchev–Trinajstić information content (AvgIpc) is 2.37. The number of alkyl halides is 3. The summed E-state index contributed by atoms with van der Waals surface area (Å²) in [7, 11) is -2.95. The number of halogens is 3. The van der Waals surface area contributed by atoms with Crippen molar-refractivity contribution in [1.82, 2.24) is 5.32 Å². The Bertz CT molecular complexity index is 555. The van der Waals surface area contributed by atoms with Gasteiger partial charge < -0.3 is 5.32 Å². The maximum atomic E-state index is 12.8. The van der Waals surface area contributed by atoms with E-state index in [1.165, 1.54) is 12.1 Å². The molecule has 1 N–H and O–H groups in total. The number of benzene rings is 1. The van der Waals surface area contributed by atoms with Gasteiger partial charge in [0.1, 0.15) is 9.84 Å². The van der Waals surface area contributed by atoms with Gasteiger partial charge in [0.25, 0.3) is 0 Å². The Morgan fingerprint density at radius 2 is 1.75 bits per heavy atom. The van der Waals surface area contributed by atoms with Crippen molar-refractivity contribution in [1.29, 1.82) is 0 Å². The Hall–Kier alpha value is -1.08. The monoisotopic (exact) mass is 307 g/mol. The van der Waals surface area contributed by atoms with Gasteiger partial charge in [0.2, 0.25) is 0 Å². The average molecular weight is 307 g/mol. The van der Waals surface area contributed by atoms with Crippen LogP contribution in [0.5, 0.6) is 0 Å². The first-order valence-electron chi connectivity index (χ1n) is 6.37. The van der Waals surface area contributed by atoms with Gasteiger partial charge in [0.15, 0.2) is 0 Å². The van der Waals surface area contributed by atoms with Gasteiger partial charge in [-0.05, 0) is 24.5 Å². The Morgan fingerprint density at radius 1 is 1.15 bits per heavy atom. The Balaban J connectivity index is 1.99. The maximum absolute atomic E-state index is 12.8. The first kappa shape index (κ1) is 15.3. The third-order valence-electron chi connectivity index (χ3n) is 3.46. The number of hydrogen-bond acceptors (Lipinski definition) is 3. The van der Waals surface area contributed by atoms with Crippen LogP contribution in [0.25, 0.3) is 0 Å². The van der Waals surface area contributed by atoms with Crippen LogP contribution in [0.1, 0.15) is 24.0 Å². The van der Waals surface area contributed by atoms with Crippen LogP contribution in [0.3, 0.4) is 0 Å². The van der Waals surface area contributed by atoms with E-state index in [4.69, 9.17) is 0 Å². The second kappa shape index (κ2) is 5.73. The summed E-state index contributed by atoms with van der Waals surface area (Å²) in [6.45, 7) is 0.0976. The lowest BCUT2D eigenvalue weighted by molar-refractivity contribution is -0.138. The molecule has 0 bridgehead atoms. The zero-order valence-electron chi connectivity index (χ0n) is 10.8. The highest BCUT2D eigenvalue weighted by molar-refractivity contribution is 7.91. The molecule has 0 radical (unpaired) electrons. The molecular formula is C13H16F3NO2S. The smallest absolute Gasteiger partial charge is 0.310 e. The lowest BCUT2D eigenvalue weighted by atomic mass is 10.1. The molecule has 112 valence electrons. The molecule has 3 nitrogen and oxygen atoms in total. The molecule has 1 aliphatic rings. The minimum atomic E-state index is -4.37. The van der Waals surface area contributed by atoms with Crippen LogP contribution >= 0.6 is 0 Å². The molecule has 1 heterocycles. The topological polar surface area (TPSA) is 46.2 Å². The molecule has 1 aromatic rings. The van der Waals surface area contributed by atoms with Crippen molar-refractivity contribution in [2.75, 3.05) is 11.5 Å². The maximum Gasteiger partial charge on any atom is 0.416 e. The Kier molecular flexibility index (Phi) is 4.39. The Labute approximate surface area is 116 Å². The molecule has 0 amide bonds. The summed E-state index contributed by atoms with van der Waals surface area (Å²) >= 11 is 0. The summed E-state index contributed by atoms with van der Waals surface area (Å²) in [5.74, 6) is 0.206. The molecule has 0 aromatic heterocycles. The van der Waals surface area contributed by atoms with Crippen LogP contribution < -0.4 is 5.32 Å². The van der Waals surface area contributed by atoms with E-state index >= 15 is 0 Å². The molecule has 0 aliphatic carbocycles. The van der Waals surface area contributed by atoms with Gasteiger partial charge in [-0.1, -0.05) is 18.2 Å². The van der Waals surface area contributed by atoms with Gasteiger partial charge in [0.05, 0.1) is 17.1 Å². The standard InChI is InChI=1S/C13H16F3NO2S/c14-13(15,16)12-4-2-1-3-10(12)9-17-11-5-7-20(18,19)8-6-11/h1-4,11,17H,5-9H2. The largest absolute Gasteiger partial charge is 0.416 e. The fourth-order valence-corrected chi connectivity index (χ4v) is 3.79. The van der Waals surface area contributed by atoms with E-state index in [2.05, 4.69) is 5.32 Å². The predicted molar refractivity (Wildman–Crippen MR) is 70.0 cm³/mol. The molecule has 2 rings (SSSR count). The van der Waals surface area contributed by atoms with Crippen molar-refractivity contribution in [3.8, 4) is 0 Å². The highest BCUT2D eigenvalue weighted by Crippen LogP contribution is 2.31. The van der Waals surface area contributed by atoms with Gasteiger partial charge >= 0.3 is 6.18 Å². The zero-order valence-corrected chi connectivity index (χ0v) is 11.6. The first-order valence-corrected chi connectivity index (χ1v) is 8.19. The van der Waals surface area contributed by atoms with E-state index in [1.807, 2.05) is 0 Å². The van der Waals surface area contributed by atoms with Crippen molar-refractivity contribution >= 4 is 9.84 Å². The fraction of sp³-hybridized carbons (Fsp3) is 0.538. The fourth-order valence-electron chi connectivity index (χ4n) is 2.30. The number of rotatable bonds is 3. The van der Waals surface area contributed by atoms with Crippen LogP contribution in [0.2, 0.25) is 0 Å². The highest BCUT2D eigenvalue weighted by atomic mass is 32.2. The highest BCUT2D eigenvalue weighted by Gasteiger charge is 2.33. The molecule has 1 aromatic carbocycles. The predicted octanol–water partition coefficient (Wildman–Crippen LogP) is 2.37. The molecule has 1 saturated heterocycles. The van der Waals surface area contributed by atoms with Gasteiger partial charge in [-0.2, -0.15) is 13.2 Å². The number of hydrogen-bond donors (Lipinski definition) is 1. The van der Waals surface area contributed by atoms with Gasteiger partial charge in [0, 0.05) is 12.6 Å². The zero-order chi connectivity index (χ0) is 14.8. The van der Waals surface area contributed by atoms with Gasteiger partial charge in [-0.15, -0.1) is 0 Å². The van der Waals surface area contributed by atoms with Crippen LogP contribution in [0, 0.1) is 0 Å². The van der Waals surface area contributed by atoms with Crippen molar-refractivity contribution in [2.24, 2.45) is 0 Å². The van der Waals surface area contributed by atoms with Crippen molar-refractivity contribution < 1.29 is 21.6 Å². The van der Waals surface area contributed by atoms with E-state index in [1.54, 1.807) is 6.07 Å². The van der Waals surface area contributed by atoms with Crippen molar-refractivity contribution in [2.45, 2.75) is 31.6 Å². The third-order valence-corrected chi connectivity index (χ3v) is 5.17. The molecule has 0 saturated carbocycles. The molecular weight excluding hydrogens is 291 g/mol. The summed E-state index contributed by atoms with van der Waals surface area (Å²) in [5, 5.41) is 3.02. The lowest BCUT2D eigenvalue weighted by Crippen LogP contribution is -2.37. The van der Waals surface area contributed by atoms with Crippen LogP contribution in [-0.4, -0.2) is 26.0 Å². The van der Waals surface area contributed by atoms with Gasteiger partial charge in [-0.3, -0.25) is 0 Å². The van der Waals surface area contributed by atoms with Crippen LogP contribution in [-0.2, 0) is 22.6 Å². The summed E-state index contributed by atoms with van der Waals surface area (Å²) in [6, 6.07) is 5.38. The molecule has 1 aliphatic heterocycles. The molecule has 1 fully saturated rings. The normalized spacial score (nSPS) is 19.9. The van der Waals surface area contributed by atoms with E-state index in [0.29, 0.717) is 12.8 Å². The van der Waals surface area contributed by atoms with E-state index in [0.717, 1.165) is 6.07 Å². The molecule has 7 heteroatoms. The molecule has 20 heavy (non-hydrogen) atoms. The van der Waals surface area contributed by atoms with Crippen molar-refractivity contribution in [3.05, 3.63) is 35.4 Å². The lowest BCUT2D eigenvalue weighted by Gasteiger charge is -2.24. The summed E-state index contributed by atoms with van der Waals surface area (Å²) < 4.78 is 61.0. The second-order valence-corrected chi connectivity index (χ2v) is 7.27. The number of nitrogens with one attached hydrogen (secondary N) is 1. The summed E-state index contributed by atoms with van der Waals surface area (Å²) in [6.07, 6.45) is -3.46. The van der Waals surface area contributed by atoms with E-state index in [9.17, 15) is 21.6 Å². The summed E-state index contributed by atoms with van der Waals surface area (Å²) in [4.78, 5) is 0.